The van der Waals surface area contributed by atoms with Crippen molar-refractivity contribution in [2.24, 2.45) is 0 Å². The van der Waals surface area contributed by atoms with Crippen LogP contribution in [0.5, 0.6) is 0 Å². The Morgan fingerprint density at radius 2 is 1.19 bits per heavy atom. The molecule has 0 spiro atoms. The maximum absolute atomic E-state index is 12.5. The Labute approximate surface area is 220 Å². The van der Waals surface area contributed by atoms with E-state index in [4.69, 9.17) is 0 Å². The summed E-state index contributed by atoms with van der Waals surface area (Å²) in [5, 5.41) is 2.44. The molecule has 2 aliphatic carbocycles. The normalized spacial score (nSPS) is 17.1. The molecule has 0 aliphatic heterocycles. The van der Waals surface area contributed by atoms with E-state index in [1.165, 1.54) is 70.7 Å². The van der Waals surface area contributed by atoms with Crippen molar-refractivity contribution >= 4 is 22.1 Å². The predicted octanol–water partition coefficient (Wildman–Crippen LogP) is 10.6. The van der Waals surface area contributed by atoms with Crippen LogP contribution in [0.1, 0.15) is 110 Å². The van der Waals surface area contributed by atoms with Crippen LogP contribution < -0.4 is 0 Å². The lowest BCUT2D eigenvalue weighted by molar-refractivity contribution is -0.114. The number of rotatable bonds is 3. The molecule has 1 heteroatoms. The van der Waals surface area contributed by atoms with Gasteiger partial charge in [0.05, 0.1) is 0 Å². The fourth-order valence-corrected chi connectivity index (χ4v) is 6.04. The fourth-order valence-electron chi connectivity index (χ4n) is 6.04. The first kappa shape index (κ1) is 27.9. The summed E-state index contributed by atoms with van der Waals surface area (Å²) in [6.45, 7) is 14.8. The number of carbonyl (C=O) groups excluding carboxylic acids is 1. The van der Waals surface area contributed by atoms with Gasteiger partial charge in [-0.25, -0.2) is 0 Å². The number of hydrogen-bond acceptors (Lipinski definition) is 1. The molecule has 1 saturated carbocycles. The minimum Gasteiger partial charge on any atom is -0.294 e. The summed E-state index contributed by atoms with van der Waals surface area (Å²) in [4.78, 5) is 12.5. The van der Waals surface area contributed by atoms with Gasteiger partial charge in [-0.15, -0.1) is 0 Å². The molecule has 3 aromatic carbocycles. The molecule has 0 amide bonds. The zero-order valence-electron chi connectivity index (χ0n) is 23.8. The van der Waals surface area contributed by atoms with E-state index in [-0.39, 0.29) is 0 Å². The molecular formula is C35H46O. The monoisotopic (exact) mass is 482 g/mol. The van der Waals surface area contributed by atoms with Gasteiger partial charge in [0.15, 0.2) is 5.78 Å². The van der Waals surface area contributed by atoms with Crippen molar-refractivity contribution in [1.82, 2.24) is 0 Å². The van der Waals surface area contributed by atoms with E-state index < -0.39 is 0 Å². The second-order valence-corrected chi connectivity index (χ2v) is 10.4. The molecule has 5 rings (SSSR count). The Hall–Kier alpha value is -2.67. The van der Waals surface area contributed by atoms with Crippen LogP contribution in [0.25, 0.3) is 27.5 Å². The summed E-state index contributed by atoms with van der Waals surface area (Å²) >= 11 is 0. The highest BCUT2D eigenvalue weighted by atomic mass is 16.1. The maximum atomic E-state index is 12.5. The number of ketones is 1. The highest BCUT2D eigenvalue weighted by Gasteiger charge is 2.30. The zero-order valence-corrected chi connectivity index (χ0v) is 23.8. The summed E-state index contributed by atoms with van der Waals surface area (Å²) in [5.74, 6) is 0.299. The highest BCUT2D eigenvalue weighted by Crippen LogP contribution is 2.42. The maximum Gasteiger partial charge on any atom is 0.163 e. The summed E-state index contributed by atoms with van der Waals surface area (Å²) in [6.07, 6.45) is 9.36. The van der Waals surface area contributed by atoms with Gasteiger partial charge in [0.25, 0.3) is 0 Å². The van der Waals surface area contributed by atoms with Crippen molar-refractivity contribution in [2.75, 3.05) is 0 Å². The van der Waals surface area contributed by atoms with Gasteiger partial charge in [-0.3, -0.25) is 4.79 Å². The molecule has 0 aromatic heterocycles. The minimum absolute atomic E-state index is 0.299. The van der Waals surface area contributed by atoms with E-state index in [0.717, 1.165) is 24.0 Å². The molecule has 1 nitrogen and oxygen atoms in total. The summed E-state index contributed by atoms with van der Waals surface area (Å²) in [7, 11) is 0. The molecule has 3 aromatic rings. The summed E-state index contributed by atoms with van der Waals surface area (Å²) in [5.41, 5.74) is 9.11. The number of fused-ring (bicyclic) bond motifs is 1. The second kappa shape index (κ2) is 12.5. The standard InChI is InChI=1S/C31H34O.2C2H6/c1-21-10-11-26(20-28(21)31(3)16-5-4-6-17-31)24-12-13-25-19-27(15-14-23(25)18-24)30-22(2)8-7-9-29(30)32;2*1-2/h10-15,18-20H,4-9,16-17H2,1-3H3;2*1-2H3. The van der Waals surface area contributed by atoms with E-state index >= 15 is 0 Å². The summed E-state index contributed by atoms with van der Waals surface area (Å²) in [6, 6.07) is 20.3. The number of hydrogen-bond donors (Lipinski definition) is 0. The molecule has 0 saturated heterocycles. The van der Waals surface area contributed by atoms with Crippen molar-refractivity contribution in [1.29, 1.82) is 0 Å². The lowest BCUT2D eigenvalue weighted by atomic mass is 9.69. The van der Waals surface area contributed by atoms with Crippen LogP contribution in [0.3, 0.4) is 0 Å². The molecule has 192 valence electrons. The van der Waals surface area contributed by atoms with Crippen LogP contribution in [0.2, 0.25) is 0 Å². The van der Waals surface area contributed by atoms with Gasteiger partial charge in [-0.1, -0.05) is 102 Å². The Kier molecular flexibility index (Phi) is 9.71. The molecule has 0 bridgehead atoms. The molecule has 1 fully saturated rings. The molecular weight excluding hydrogens is 436 g/mol. The number of aryl methyl sites for hydroxylation is 1. The average Bonchev–Trinajstić information content (AvgIpc) is 2.91. The predicted molar refractivity (Wildman–Crippen MR) is 159 cm³/mol. The van der Waals surface area contributed by atoms with Crippen molar-refractivity contribution in [3.8, 4) is 11.1 Å². The number of carbonyl (C=O) groups is 1. The summed E-state index contributed by atoms with van der Waals surface area (Å²) < 4.78 is 0. The lowest BCUT2D eigenvalue weighted by Crippen LogP contribution is -2.26. The van der Waals surface area contributed by atoms with Crippen LogP contribution in [0.4, 0.5) is 0 Å². The Balaban J connectivity index is 0.000000861. The SMILES string of the molecule is CC.CC.CC1=C(c2ccc3cc(-c4ccc(C)c(C5(C)CCCCC5)c4)ccc3c2)C(=O)CCC1. The van der Waals surface area contributed by atoms with Crippen molar-refractivity contribution in [3.63, 3.8) is 0 Å². The first-order valence-corrected chi connectivity index (χ1v) is 14.3. The first-order chi connectivity index (χ1) is 17.4. The van der Waals surface area contributed by atoms with Gasteiger partial charge < -0.3 is 0 Å². The molecule has 0 atom stereocenters. The van der Waals surface area contributed by atoms with Gasteiger partial charge in [0, 0.05) is 12.0 Å². The topological polar surface area (TPSA) is 17.1 Å². The smallest absolute Gasteiger partial charge is 0.163 e. The molecule has 2 aliphatic rings. The van der Waals surface area contributed by atoms with Crippen molar-refractivity contribution in [3.05, 3.63) is 76.9 Å². The third-order valence-corrected chi connectivity index (χ3v) is 7.97. The highest BCUT2D eigenvalue weighted by molar-refractivity contribution is 6.22. The van der Waals surface area contributed by atoms with E-state index in [1.54, 1.807) is 0 Å². The largest absolute Gasteiger partial charge is 0.294 e. The van der Waals surface area contributed by atoms with E-state index in [1.807, 2.05) is 27.7 Å². The van der Waals surface area contributed by atoms with Crippen LogP contribution in [-0.4, -0.2) is 5.78 Å². The molecule has 0 unspecified atom stereocenters. The first-order valence-electron chi connectivity index (χ1n) is 14.3. The van der Waals surface area contributed by atoms with Gasteiger partial charge in [0.2, 0.25) is 0 Å². The average molecular weight is 483 g/mol. The second-order valence-electron chi connectivity index (χ2n) is 10.4. The van der Waals surface area contributed by atoms with Gasteiger partial charge in [-0.05, 0) is 95.7 Å². The fraction of sp³-hybridized carbons (Fsp3) is 0.457. The van der Waals surface area contributed by atoms with Crippen LogP contribution in [0.15, 0.2) is 60.2 Å². The van der Waals surface area contributed by atoms with Crippen LogP contribution in [0, 0.1) is 6.92 Å². The van der Waals surface area contributed by atoms with Crippen LogP contribution >= 0.6 is 0 Å². The quantitative estimate of drug-likeness (QED) is 0.363. The lowest BCUT2D eigenvalue weighted by Gasteiger charge is -2.35. The number of allylic oxidation sites excluding steroid dienone is 2. The number of Topliss-reactive ketones (excluding diaryl/α,β-unsaturated/α-hetero) is 1. The zero-order chi connectivity index (χ0) is 26.3. The molecule has 0 heterocycles. The third kappa shape index (κ3) is 5.83. The minimum atomic E-state index is 0.299. The molecule has 36 heavy (non-hydrogen) atoms. The number of benzene rings is 3. The third-order valence-electron chi connectivity index (χ3n) is 7.97. The van der Waals surface area contributed by atoms with Crippen molar-refractivity contribution in [2.45, 2.75) is 105 Å². The van der Waals surface area contributed by atoms with Crippen molar-refractivity contribution < 1.29 is 4.79 Å². The van der Waals surface area contributed by atoms with Crippen LogP contribution in [-0.2, 0) is 10.2 Å². The van der Waals surface area contributed by atoms with Gasteiger partial charge in [-0.2, -0.15) is 0 Å². The van der Waals surface area contributed by atoms with Gasteiger partial charge in [0.1, 0.15) is 0 Å². The Morgan fingerprint density at radius 1 is 0.639 bits per heavy atom. The molecule has 0 radical (unpaired) electrons. The molecule has 0 N–H and O–H groups in total. The van der Waals surface area contributed by atoms with E-state index in [9.17, 15) is 4.79 Å². The van der Waals surface area contributed by atoms with E-state index in [2.05, 4.69) is 75.4 Å². The Bertz CT molecular complexity index is 1220. The Morgan fingerprint density at radius 3 is 1.83 bits per heavy atom. The van der Waals surface area contributed by atoms with E-state index in [0.29, 0.717) is 17.6 Å². The van der Waals surface area contributed by atoms with Gasteiger partial charge >= 0.3 is 0 Å².